The first-order valence-corrected chi connectivity index (χ1v) is 5.44. The van der Waals surface area contributed by atoms with Gasteiger partial charge in [-0.05, 0) is 12.8 Å². The molecule has 12 heavy (non-hydrogen) atoms. The topological polar surface area (TPSA) is 55.4 Å². The van der Waals surface area contributed by atoms with Crippen LogP contribution in [-0.2, 0) is 15.5 Å². The lowest BCUT2D eigenvalue weighted by Gasteiger charge is -2.20. The minimum atomic E-state index is -0.689. The molecule has 0 aromatic carbocycles. The number of hydrogen-bond donors (Lipinski definition) is 1. The predicted molar refractivity (Wildman–Crippen MR) is 46.4 cm³/mol. The standard InChI is InChI=1S/C7H13NO3S/c1-8-7(9)11-6-2-4-12(10)5-3-6/h6H,2-5H2,1H3,(H,8,9). The Morgan fingerprint density at radius 3 is 2.58 bits per heavy atom. The number of ether oxygens (including phenoxy) is 1. The number of rotatable bonds is 1. The van der Waals surface area contributed by atoms with Crippen LogP contribution in [0.4, 0.5) is 4.79 Å². The van der Waals surface area contributed by atoms with Crippen LogP contribution in [0.5, 0.6) is 0 Å². The second-order valence-electron chi connectivity index (χ2n) is 2.70. The number of hydrogen-bond acceptors (Lipinski definition) is 3. The van der Waals surface area contributed by atoms with Gasteiger partial charge in [0.25, 0.3) is 0 Å². The first-order chi connectivity index (χ1) is 5.72. The summed E-state index contributed by atoms with van der Waals surface area (Å²) in [6, 6.07) is 0. The van der Waals surface area contributed by atoms with Gasteiger partial charge in [-0.1, -0.05) is 0 Å². The molecule has 1 fully saturated rings. The van der Waals surface area contributed by atoms with Crippen molar-refractivity contribution < 1.29 is 13.7 Å². The van der Waals surface area contributed by atoms with Gasteiger partial charge >= 0.3 is 6.09 Å². The molecule has 0 unspecified atom stereocenters. The van der Waals surface area contributed by atoms with Crippen molar-refractivity contribution >= 4 is 16.9 Å². The zero-order valence-corrected chi connectivity index (χ0v) is 7.86. The maximum atomic E-state index is 10.9. The van der Waals surface area contributed by atoms with Crippen LogP contribution in [-0.4, -0.2) is 35.0 Å². The highest BCUT2D eigenvalue weighted by atomic mass is 32.2. The lowest BCUT2D eigenvalue weighted by molar-refractivity contribution is 0.0941. The van der Waals surface area contributed by atoms with E-state index in [-0.39, 0.29) is 6.10 Å². The smallest absolute Gasteiger partial charge is 0.407 e. The molecule has 0 atom stereocenters. The molecule has 1 heterocycles. The Balaban J connectivity index is 2.26. The Labute approximate surface area is 74.1 Å². The van der Waals surface area contributed by atoms with Crippen molar-refractivity contribution in [1.82, 2.24) is 5.32 Å². The van der Waals surface area contributed by atoms with Crippen molar-refractivity contribution in [3.63, 3.8) is 0 Å². The molecule has 1 rings (SSSR count). The third kappa shape index (κ3) is 2.81. The lowest BCUT2D eigenvalue weighted by Crippen LogP contribution is -2.31. The summed E-state index contributed by atoms with van der Waals surface area (Å²) in [4.78, 5) is 10.8. The fourth-order valence-corrected chi connectivity index (χ4v) is 2.36. The van der Waals surface area contributed by atoms with Crippen molar-refractivity contribution in [2.24, 2.45) is 0 Å². The Hall–Kier alpha value is -0.580. The van der Waals surface area contributed by atoms with Crippen LogP contribution in [0.15, 0.2) is 0 Å². The van der Waals surface area contributed by atoms with E-state index in [0.717, 1.165) is 12.8 Å². The summed E-state index contributed by atoms with van der Waals surface area (Å²) >= 11 is 0. The van der Waals surface area contributed by atoms with Crippen LogP contribution < -0.4 is 5.32 Å². The minimum Gasteiger partial charge on any atom is -0.446 e. The zero-order valence-electron chi connectivity index (χ0n) is 7.04. The van der Waals surface area contributed by atoms with Gasteiger partial charge in [0.2, 0.25) is 0 Å². The molecule has 0 radical (unpaired) electrons. The molecule has 0 aromatic rings. The van der Waals surface area contributed by atoms with E-state index in [4.69, 9.17) is 4.74 Å². The first-order valence-electron chi connectivity index (χ1n) is 3.95. The van der Waals surface area contributed by atoms with E-state index >= 15 is 0 Å². The zero-order chi connectivity index (χ0) is 8.97. The average Bonchev–Trinajstić information content (AvgIpc) is 2.09. The van der Waals surface area contributed by atoms with E-state index in [0.29, 0.717) is 11.5 Å². The van der Waals surface area contributed by atoms with Crippen LogP contribution >= 0.6 is 0 Å². The van der Waals surface area contributed by atoms with Crippen molar-refractivity contribution in [2.45, 2.75) is 18.9 Å². The average molecular weight is 191 g/mol. The van der Waals surface area contributed by atoms with Crippen molar-refractivity contribution in [3.8, 4) is 0 Å². The number of amides is 1. The highest BCUT2D eigenvalue weighted by molar-refractivity contribution is 7.85. The number of carbonyl (C=O) groups is 1. The van der Waals surface area contributed by atoms with Gasteiger partial charge in [-0.25, -0.2) is 4.79 Å². The van der Waals surface area contributed by atoms with Crippen molar-refractivity contribution in [1.29, 1.82) is 0 Å². The van der Waals surface area contributed by atoms with Crippen molar-refractivity contribution in [2.75, 3.05) is 18.6 Å². The SMILES string of the molecule is CNC(=O)OC1CCS(=O)CC1. The van der Waals surface area contributed by atoms with Gasteiger partial charge in [0.05, 0.1) is 0 Å². The summed E-state index contributed by atoms with van der Waals surface area (Å²) in [5.74, 6) is 1.31. The summed E-state index contributed by atoms with van der Waals surface area (Å²) < 4.78 is 15.9. The van der Waals surface area contributed by atoms with Gasteiger partial charge in [0.1, 0.15) is 6.10 Å². The van der Waals surface area contributed by atoms with E-state index in [1.54, 1.807) is 0 Å². The minimum absolute atomic E-state index is 0.0392. The van der Waals surface area contributed by atoms with Gasteiger partial charge in [-0.3, -0.25) is 4.21 Å². The van der Waals surface area contributed by atoms with Gasteiger partial charge in [0.15, 0.2) is 0 Å². The molecule has 0 aromatic heterocycles. The second-order valence-corrected chi connectivity index (χ2v) is 4.40. The molecule has 1 N–H and O–H groups in total. The Bertz CT molecular complexity index is 185. The predicted octanol–water partition coefficient (Wildman–Crippen LogP) is 0.253. The van der Waals surface area contributed by atoms with Crippen LogP contribution in [0.1, 0.15) is 12.8 Å². The van der Waals surface area contributed by atoms with E-state index in [2.05, 4.69) is 5.32 Å². The molecule has 4 nitrogen and oxygen atoms in total. The molecule has 70 valence electrons. The molecule has 0 aliphatic carbocycles. The maximum Gasteiger partial charge on any atom is 0.407 e. The van der Waals surface area contributed by atoms with E-state index in [9.17, 15) is 9.00 Å². The third-order valence-electron chi connectivity index (χ3n) is 1.81. The fraction of sp³-hybridized carbons (Fsp3) is 0.857. The molecular weight excluding hydrogens is 178 g/mol. The summed E-state index contributed by atoms with van der Waals surface area (Å²) in [7, 11) is 0.842. The Morgan fingerprint density at radius 1 is 1.50 bits per heavy atom. The van der Waals surface area contributed by atoms with E-state index < -0.39 is 16.9 Å². The molecule has 1 amide bonds. The second kappa shape index (κ2) is 4.45. The Morgan fingerprint density at radius 2 is 2.08 bits per heavy atom. The molecular formula is C7H13NO3S. The molecule has 0 saturated carbocycles. The largest absolute Gasteiger partial charge is 0.446 e. The summed E-state index contributed by atoms with van der Waals surface area (Å²) in [6.07, 6.45) is 1.01. The molecule has 0 spiro atoms. The van der Waals surface area contributed by atoms with Gasteiger partial charge in [-0.2, -0.15) is 0 Å². The van der Waals surface area contributed by atoms with E-state index in [1.807, 2.05) is 0 Å². The summed E-state index contributed by atoms with van der Waals surface area (Å²) in [5.41, 5.74) is 0. The van der Waals surface area contributed by atoms with E-state index in [1.165, 1.54) is 7.05 Å². The van der Waals surface area contributed by atoms with Gasteiger partial charge in [0, 0.05) is 29.4 Å². The quantitative estimate of drug-likeness (QED) is 0.646. The highest BCUT2D eigenvalue weighted by Gasteiger charge is 2.20. The van der Waals surface area contributed by atoms with Gasteiger partial charge < -0.3 is 10.1 Å². The molecule has 1 aliphatic rings. The number of carbonyl (C=O) groups excluding carboxylic acids is 1. The monoisotopic (exact) mass is 191 g/mol. The lowest BCUT2D eigenvalue weighted by atomic mass is 10.2. The van der Waals surface area contributed by atoms with Crippen LogP contribution in [0, 0.1) is 0 Å². The van der Waals surface area contributed by atoms with Crippen LogP contribution in [0.2, 0.25) is 0 Å². The Kier molecular flexibility index (Phi) is 3.52. The molecule has 1 aliphatic heterocycles. The molecule has 1 saturated heterocycles. The fourth-order valence-electron chi connectivity index (χ4n) is 1.10. The summed E-state index contributed by atoms with van der Waals surface area (Å²) in [6.45, 7) is 0. The number of alkyl carbamates (subject to hydrolysis) is 1. The van der Waals surface area contributed by atoms with Crippen LogP contribution in [0.25, 0.3) is 0 Å². The number of nitrogens with one attached hydrogen (secondary N) is 1. The maximum absolute atomic E-state index is 10.9. The third-order valence-corrected chi connectivity index (χ3v) is 3.19. The highest BCUT2D eigenvalue weighted by Crippen LogP contribution is 2.12. The normalized spacial score (nSPS) is 29.4. The molecule has 0 bridgehead atoms. The summed E-state index contributed by atoms with van der Waals surface area (Å²) in [5, 5.41) is 2.39. The van der Waals surface area contributed by atoms with Crippen molar-refractivity contribution in [3.05, 3.63) is 0 Å². The van der Waals surface area contributed by atoms with Crippen LogP contribution in [0.3, 0.4) is 0 Å². The first kappa shape index (κ1) is 9.51. The molecule has 5 heteroatoms. The van der Waals surface area contributed by atoms with Gasteiger partial charge in [-0.15, -0.1) is 0 Å².